The van der Waals surface area contributed by atoms with E-state index in [0.29, 0.717) is 38.9 Å². The van der Waals surface area contributed by atoms with Crippen LogP contribution in [-0.2, 0) is 20.8 Å². The number of piperidine rings is 1. The van der Waals surface area contributed by atoms with Gasteiger partial charge in [0, 0.05) is 18.5 Å². The zero-order valence-corrected chi connectivity index (χ0v) is 15.0. The largest absolute Gasteiger partial charge is 0.445 e. The number of hydrogen-bond acceptors (Lipinski definition) is 5. The van der Waals surface area contributed by atoms with Crippen molar-refractivity contribution in [3.8, 4) is 0 Å². The second kappa shape index (κ2) is 7.55. The zero-order chi connectivity index (χ0) is 18.0. The van der Waals surface area contributed by atoms with E-state index in [9.17, 15) is 9.90 Å². The van der Waals surface area contributed by atoms with Crippen molar-refractivity contribution >= 4 is 6.09 Å². The Morgan fingerprint density at radius 3 is 2.46 bits per heavy atom. The Hall–Kier alpha value is -1.63. The van der Waals surface area contributed by atoms with Crippen molar-refractivity contribution in [2.45, 2.75) is 69.1 Å². The van der Waals surface area contributed by atoms with Crippen molar-refractivity contribution in [1.29, 1.82) is 0 Å². The first-order chi connectivity index (χ1) is 12.6. The second-order valence-electron chi connectivity index (χ2n) is 7.67. The summed E-state index contributed by atoms with van der Waals surface area (Å²) < 4.78 is 16.5. The molecule has 4 rings (SSSR count). The lowest BCUT2D eigenvalue weighted by Gasteiger charge is -2.43. The summed E-state index contributed by atoms with van der Waals surface area (Å²) in [5.74, 6) is 0. The first kappa shape index (κ1) is 17.8. The molecule has 3 aliphatic heterocycles. The van der Waals surface area contributed by atoms with Gasteiger partial charge in [0.05, 0.1) is 18.8 Å². The van der Waals surface area contributed by atoms with Crippen LogP contribution in [0.1, 0.15) is 44.1 Å². The van der Waals surface area contributed by atoms with Crippen LogP contribution in [0.25, 0.3) is 0 Å². The predicted molar refractivity (Wildman–Crippen MR) is 94.4 cm³/mol. The normalized spacial score (nSPS) is 31.3. The average molecular weight is 361 g/mol. The van der Waals surface area contributed by atoms with Crippen molar-refractivity contribution < 1.29 is 24.1 Å². The Labute approximate surface area is 154 Å². The monoisotopic (exact) mass is 361 g/mol. The molecule has 3 fully saturated rings. The quantitative estimate of drug-likeness (QED) is 0.873. The van der Waals surface area contributed by atoms with Crippen LogP contribution >= 0.6 is 0 Å². The highest BCUT2D eigenvalue weighted by Crippen LogP contribution is 2.43. The molecule has 142 valence electrons. The highest BCUT2D eigenvalue weighted by Gasteiger charge is 2.49. The van der Waals surface area contributed by atoms with Crippen molar-refractivity contribution in [3.05, 3.63) is 35.9 Å². The highest BCUT2D eigenvalue weighted by molar-refractivity contribution is 5.69. The first-order valence-electron chi connectivity index (χ1n) is 9.58. The minimum atomic E-state index is -0.739. The molecule has 3 heterocycles. The third kappa shape index (κ3) is 3.87. The minimum Gasteiger partial charge on any atom is -0.445 e. The van der Waals surface area contributed by atoms with Crippen molar-refractivity contribution in [1.82, 2.24) is 4.90 Å². The van der Waals surface area contributed by atoms with Gasteiger partial charge in [-0.25, -0.2) is 4.79 Å². The topological polar surface area (TPSA) is 68.2 Å². The number of benzene rings is 1. The Bertz CT molecular complexity index is 602. The van der Waals surface area contributed by atoms with Crippen molar-refractivity contribution in [3.63, 3.8) is 0 Å². The van der Waals surface area contributed by atoms with E-state index in [1.54, 1.807) is 0 Å². The van der Waals surface area contributed by atoms with Gasteiger partial charge in [-0.05, 0) is 37.7 Å². The molecule has 26 heavy (non-hydrogen) atoms. The van der Waals surface area contributed by atoms with E-state index in [1.807, 2.05) is 35.2 Å². The summed E-state index contributed by atoms with van der Waals surface area (Å²) in [6.45, 7) is 1.56. The Balaban J connectivity index is 1.32. The standard InChI is InChI=1S/C20H27NO5/c22-19(26-14-15-4-2-1-3-5-15)21-16-6-7-17(21)13-20(23,12-16)9-8-18-24-10-11-25-18/h1-5,16-18,23H,6-14H2. The molecule has 0 aromatic heterocycles. The molecule has 2 bridgehead atoms. The van der Waals surface area contributed by atoms with Crippen LogP contribution in [0.15, 0.2) is 30.3 Å². The summed E-state index contributed by atoms with van der Waals surface area (Å²) in [5, 5.41) is 11.0. The van der Waals surface area contributed by atoms with Gasteiger partial charge in [-0.2, -0.15) is 0 Å². The van der Waals surface area contributed by atoms with Gasteiger partial charge in [0.1, 0.15) is 6.61 Å². The smallest absolute Gasteiger partial charge is 0.410 e. The zero-order valence-electron chi connectivity index (χ0n) is 15.0. The number of amides is 1. The molecular weight excluding hydrogens is 334 g/mol. The second-order valence-corrected chi connectivity index (χ2v) is 7.67. The molecular formula is C20H27NO5. The fraction of sp³-hybridized carbons (Fsp3) is 0.650. The lowest BCUT2D eigenvalue weighted by Crippen LogP contribution is -2.53. The minimum absolute atomic E-state index is 0.0624. The third-order valence-electron chi connectivity index (χ3n) is 5.80. The summed E-state index contributed by atoms with van der Waals surface area (Å²) in [4.78, 5) is 14.5. The van der Waals surface area contributed by atoms with Gasteiger partial charge < -0.3 is 24.2 Å². The number of carbonyl (C=O) groups excluding carboxylic acids is 1. The van der Waals surface area contributed by atoms with Crippen LogP contribution in [-0.4, -0.2) is 53.3 Å². The molecule has 2 unspecified atom stereocenters. The number of carbonyl (C=O) groups is 1. The van der Waals surface area contributed by atoms with Crippen LogP contribution in [0, 0.1) is 0 Å². The predicted octanol–water partition coefficient (Wildman–Crippen LogP) is 2.83. The van der Waals surface area contributed by atoms with Crippen molar-refractivity contribution in [2.75, 3.05) is 13.2 Å². The summed E-state index contributed by atoms with van der Waals surface area (Å²) in [5.41, 5.74) is 0.246. The molecule has 0 spiro atoms. The molecule has 6 nitrogen and oxygen atoms in total. The molecule has 0 aliphatic carbocycles. The number of fused-ring (bicyclic) bond motifs is 2. The molecule has 3 saturated heterocycles. The SMILES string of the molecule is O=C(OCc1ccccc1)N1C2CCC1CC(O)(CCC1OCCO1)C2. The van der Waals surface area contributed by atoms with Crippen LogP contribution in [0.2, 0.25) is 0 Å². The number of ether oxygens (including phenoxy) is 3. The van der Waals surface area contributed by atoms with Gasteiger partial charge in [0.25, 0.3) is 0 Å². The van der Waals surface area contributed by atoms with E-state index in [-0.39, 0.29) is 31.1 Å². The molecule has 0 radical (unpaired) electrons. The molecule has 1 amide bonds. The van der Waals surface area contributed by atoms with E-state index in [0.717, 1.165) is 18.4 Å². The van der Waals surface area contributed by atoms with Crippen LogP contribution in [0.4, 0.5) is 4.79 Å². The van der Waals surface area contributed by atoms with Crippen LogP contribution in [0.5, 0.6) is 0 Å². The van der Waals surface area contributed by atoms with Gasteiger partial charge in [0.2, 0.25) is 0 Å². The maximum atomic E-state index is 12.6. The van der Waals surface area contributed by atoms with Crippen molar-refractivity contribution in [2.24, 2.45) is 0 Å². The van der Waals surface area contributed by atoms with E-state index in [1.165, 1.54) is 0 Å². The van der Waals surface area contributed by atoms with E-state index >= 15 is 0 Å². The van der Waals surface area contributed by atoms with Gasteiger partial charge >= 0.3 is 6.09 Å². The molecule has 1 aromatic carbocycles. The lowest BCUT2D eigenvalue weighted by atomic mass is 9.82. The number of aliphatic hydroxyl groups is 1. The summed E-state index contributed by atoms with van der Waals surface area (Å²) in [7, 11) is 0. The van der Waals surface area contributed by atoms with E-state index in [2.05, 4.69) is 0 Å². The Kier molecular flexibility index (Phi) is 5.16. The van der Waals surface area contributed by atoms with Gasteiger partial charge in [-0.3, -0.25) is 0 Å². The molecule has 1 N–H and O–H groups in total. The number of nitrogens with zero attached hydrogens (tertiary/aromatic N) is 1. The number of hydrogen-bond donors (Lipinski definition) is 1. The van der Waals surface area contributed by atoms with Crippen LogP contribution in [0.3, 0.4) is 0 Å². The maximum absolute atomic E-state index is 12.6. The Morgan fingerprint density at radius 2 is 1.81 bits per heavy atom. The molecule has 6 heteroatoms. The first-order valence-corrected chi connectivity index (χ1v) is 9.58. The third-order valence-corrected chi connectivity index (χ3v) is 5.80. The summed E-state index contributed by atoms with van der Waals surface area (Å²) in [6, 6.07) is 9.84. The van der Waals surface area contributed by atoms with Gasteiger partial charge in [-0.15, -0.1) is 0 Å². The average Bonchev–Trinajstić information content (AvgIpc) is 3.26. The van der Waals surface area contributed by atoms with Gasteiger partial charge in [0.15, 0.2) is 6.29 Å². The van der Waals surface area contributed by atoms with Gasteiger partial charge in [-0.1, -0.05) is 30.3 Å². The molecule has 3 aliphatic rings. The molecule has 1 aromatic rings. The fourth-order valence-electron chi connectivity index (χ4n) is 4.58. The fourth-order valence-corrected chi connectivity index (χ4v) is 4.58. The summed E-state index contributed by atoms with van der Waals surface area (Å²) in [6.07, 6.45) is 3.99. The van der Waals surface area contributed by atoms with Crippen LogP contribution < -0.4 is 0 Å². The maximum Gasteiger partial charge on any atom is 0.410 e. The van der Waals surface area contributed by atoms with E-state index in [4.69, 9.17) is 14.2 Å². The number of rotatable bonds is 5. The Morgan fingerprint density at radius 1 is 1.15 bits per heavy atom. The van der Waals surface area contributed by atoms with E-state index < -0.39 is 5.60 Å². The lowest BCUT2D eigenvalue weighted by molar-refractivity contribution is -0.0898. The summed E-state index contributed by atoms with van der Waals surface area (Å²) >= 11 is 0. The highest BCUT2D eigenvalue weighted by atomic mass is 16.7. The molecule has 0 saturated carbocycles. The molecule has 2 atom stereocenters.